The molecule has 0 heterocycles. The van der Waals surface area contributed by atoms with Crippen LogP contribution in [0.4, 0.5) is 0 Å². The average molecular weight is 521 g/mol. The van der Waals surface area contributed by atoms with Crippen molar-refractivity contribution < 1.29 is 40.2 Å². The molecule has 216 valence electrons. The fourth-order valence-electron chi connectivity index (χ4n) is 4.32. The third-order valence-corrected chi connectivity index (χ3v) is 6.81. The van der Waals surface area contributed by atoms with Crippen LogP contribution < -0.4 is 0 Å². The second-order valence-electron chi connectivity index (χ2n) is 10.2. The van der Waals surface area contributed by atoms with Gasteiger partial charge in [0.25, 0.3) is 0 Å². The summed E-state index contributed by atoms with van der Waals surface area (Å²) in [6, 6.07) is 0. The summed E-state index contributed by atoms with van der Waals surface area (Å²) in [5.41, 5.74) is 0. The van der Waals surface area contributed by atoms with Gasteiger partial charge in [-0.05, 0) is 6.42 Å². The molecule has 6 N–H and O–H groups in total. The maximum atomic E-state index is 11.8. The summed E-state index contributed by atoms with van der Waals surface area (Å²) in [5, 5.41) is 56.7. The third kappa shape index (κ3) is 19.4. The van der Waals surface area contributed by atoms with Gasteiger partial charge in [0, 0.05) is 6.42 Å². The SMILES string of the molecule is CCCCCCCCCCCCCCCCCCCCCC(=O)OC(O)[C@H](O)[C@@H](O)[C@H](O)[C@H](O)CO. The molecular weight excluding hydrogens is 464 g/mol. The van der Waals surface area contributed by atoms with Crippen LogP contribution in [0.1, 0.15) is 135 Å². The van der Waals surface area contributed by atoms with Crippen LogP contribution in [0.15, 0.2) is 0 Å². The van der Waals surface area contributed by atoms with Crippen molar-refractivity contribution in [1.29, 1.82) is 0 Å². The van der Waals surface area contributed by atoms with E-state index in [4.69, 9.17) is 5.11 Å². The lowest BCUT2D eigenvalue weighted by molar-refractivity contribution is -0.213. The Kier molecular flexibility index (Phi) is 24.0. The highest BCUT2D eigenvalue weighted by molar-refractivity contribution is 5.69. The molecule has 8 heteroatoms. The Morgan fingerprint density at radius 3 is 1.28 bits per heavy atom. The predicted octanol–water partition coefficient (Wildman–Crippen LogP) is 4.11. The number of carbonyl (C=O) groups excluding carboxylic acids is 1. The first-order valence-corrected chi connectivity index (χ1v) is 14.6. The van der Waals surface area contributed by atoms with E-state index in [2.05, 4.69) is 11.7 Å². The molecule has 0 amide bonds. The van der Waals surface area contributed by atoms with Crippen molar-refractivity contribution in [2.45, 2.75) is 166 Å². The number of aliphatic hydroxyl groups excluding tert-OH is 6. The second-order valence-corrected chi connectivity index (χ2v) is 10.2. The van der Waals surface area contributed by atoms with Crippen molar-refractivity contribution in [2.75, 3.05) is 6.61 Å². The van der Waals surface area contributed by atoms with Gasteiger partial charge in [0.05, 0.1) is 6.61 Å². The van der Waals surface area contributed by atoms with Gasteiger partial charge in [-0.15, -0.1) is 0 Å². The summed E-state index contributed by atoms with van der Waals surface area (Å²) >= 11 is 0. The van der Waals surface area contributed by atoms with E-state index >= 15 is 0 Å². The minimum absolute atomic E-state index is 0.0839. The van der Waals surface area contributed by atoms with Gasteiger partial charge in [-0.3, -0.25) is 4.79 Å². The summed E-state index contributed by atoms with van der Waals surface area (Å²) in [5.74, 6) is -0.710. The van der Waals surface area contributed by atoms with Gasteiger partial charge in [-0.1, -0.05) is 122 Å². The highest BCUT2D eigenvalue weighted by Crippen LogP contribution is 2.15. The number of hydrogen-bond acceptors (Lipinski definition) is 8. The smallest absolute Gasteiger partial charge is 0.308 e. The molecule has 8 nitrogen and oxygen atoms in total. The van der Waals surface area contributed by atoms with Crippen molar-refractivity contribution in [1.82, 2.24) is 0 Å². The summed E-state index contributed by atoms with van der Waals surface area (Å²) in [4.78, 5) is 11.8. The normalized spacial score (nSPS) is 15.9. The van der Waals surface area contributed by atoms with Crippen LogP contribution in [-0.4, -0.2) is 73.9 Å². The molecule has 0 aromatic carbocycles. The van der Waals surface area contributed by atoms with Crippen LogP contribution in [0, 0.1) is 0 Å². The minimum atomic E-state index is -2.03. The van der Waals surface area contributed by atoms with Gasteiger partial charge in [-0.2, -0.15) is 0 Å². The van der Waals surface area contributed by atoms with E-state index in [-0.39, 0.29) is 6.42 Å². The molecule has 0 aliphatic rings. The zero-order chi connectivity index (χ0) is 27.0. The van der Waals surface area contributed by atoms with E-state index in [0.29, 0.717) is 6.42 Å². The van der Waals surface area contributed by atoms with Gasteiger partial charge < -0.3 is 35.4 Å². The lowest BCUT2D eigenvalue weighted by atomic mass is 10.0. The first-order chi connectivity index (χ1) is 17.3. The van der Waals surface area contributed by atoms with Gasteiger partial charge in [0.2, 0.25) is 6.29 Å². The van der Waals surface area contributed by atoms with E-state index in [9.17, 15) is 30.3 Å². The monoisotopic (exact) mass is 520 g/mol. The number of hydrogen-bond donors (Lipinski definition) is 6. The lowest BCUT2D eigenvalue weighted by Crippen LogP contribution is -2.50. The second kappa shape index (κ2) is 24.6. The van der Waals surface area contributed by atoms with Crippen LogP contribution in [0.2, 0.25) is 0 Å². The fraction of sp³-hybridized carbons (Fsp3) is 0.964. The number of aliphatic hydroxyl groups is 6. The number of carbonyl (C=O) groups is 1. The first kappa shape index (κ1) is 35.2. The number of unbranched alkanes of at least 4 members (excludes halogenated alkanes) is 18. The Morgan fingerprint density at radius 2 is 0.917 bits per heavy atom. The van der Waals surface area contributed by atoms with E-state index in [1.807, 2.05) is 0 Å². The molecular formula is C28H56O8. The largest absolute Gasteiger partial charge is 0.433 e. The molecule has 0 saturated carbocycles. The minimum Gasteiger partial charge on any atom is -0.433 e. The van der Waals surface area contributed by atoms with E-state index in [1.54, 1.807) is 0 Å². The van der Waals surface area contributed by atoms with Crippen molar-refractivity contribution in [3.63, 3.8) is 0 Å². The zero-order valence-electron chi connectivity index (χ0n) is 22.7. The Bertz CT molecular complexity index is 490. The van der Waals surface area contributed by atoms with Crippen molar-refractivity contribution >= 4 is 5.97 Å². The maximum absolute atomic E-state index is 11.8. The number of rotatable bonds is 26. The zero-order valence-corrected chi connectivity index (χ0v) is 22.7. The maximum Gasteiger partial charge on any atom is 0.308 e. The van der Waals surface area contributed by atoms with E-state index in [1.165, 1.54) is 96.3 Å². The molecule has 0 radical (unpaired) electrons. The predicted molar refractivity (Wildman–Crippen MR) is 141 cm³/mol. The quantitative estimate of drug-likeness (QED) is 0.0567. The van der Waals surface area contributed by atoms with Gasteiger partial charge in [0.15, 0.2) is 0 Å². The van der Waals surface area contributed by atoms with E-state index < -0.39 is 43.3 Å². The fourth-order valence-corrected chi connectivity index (χ4v) is 4.32. The average Bonchev–Trinajstić information content (AvgIpc) is 2.88. The Morgan fingerprint density at radius 1 is 0.556 bits per heavy atom. The highest BCUT2D eigenvalue weighted by atomic mass is 16.6. The molecule has 0 saturated heterocycles. The Balaban J connectivity index is 3.50. The van der Waals surface area contributed by atoms with Crippen molar-refractivity contribution in [3.8, 4) is 0 Å². The first-order valence-electron chi connectivity index (χ1n) is 14.6. The number of esters is 1. The molecule has 0 aliphatic heterocycles. The molecule has 1 unspecified atom stereocenters. The molecule has 0 bridgehead atoms. The van der Waals surface area contributed by atoms with Crippen LogP contribution in [0.5, 0.6) is 0 Å². The Hall–Kier alpha value is -0.770. The topological polar surface area (TPSA) is 148 Å². The van der Waals surface area contributed by atoms with Crippen LogP contribution in [-0.2, 0) is 9.53 Å². The summed E-state index contributed by atoms with van der Waals surface area (Å²) < 4.78 is 4.69. The molecule has 0 aliphatic carbocycles. The molecule has 0 fully saturated rings. The van der Waals surface area contributed by atoms with Crippen LogP contribution in [0.25, 0.3) is 0 Å². The Labute approximate surface area is 219 Å². The molecule has 0 aromatic rings. The standard InChI is InChI=1S/C28H56O8/c1-2-3-4-5-6-7-8-9-10-11-12-13-14-15-16-17-18-19-20-21-24(31)36-28(35)27(34)26(33)25(32)23(30)22-29/h23,25-30,32-35H,2-22H2,1H3/t23-,25-,26+,27-,28?/m1/s1. The van der Waals surface area contributed by atoms with Crippen LogP contribution >= 0.6 is 0 Å². The molecule has 0 aromatic heterocycles. The molecule has 0 spiro atoms. The summed E-state index contributed by atoms with van der Waals surface area (Å²) in [6.07, 6.45) is 14.4. The molecule has 0 rings (SSSR count). The molecule has 5 atom stereocenters. The third-order valence-electron chi connectivity index (χ3n) is 6.81. The highest BCUT2D eigenvalue weighted by Gasteiger charge is 2.35. The van der Waals surface area contributed by atoms with Gasteiger partial charge >= 0.3 is 5.97 Å². The summed E-state index contributed by atoms with van der Waals surface area (Å²) in [6.45, 7) is 1.43. The van der Waals surface area contributed by atoms with Crippen molar-refractivity contribution in [3.05, 3.63) is 0 Å². The van der Waals surface area contributed by atoms with Crippen LogP contribution in [0.3, 0.4) is 0 Å². The van der Waals surface area contributed by atoms with Gasteiger partial charge in [0.1, 0.15) is 24.4 Å². The van der Waals surface area contributed by atoms with E-state index in [0.717, 1.165) is 19.3 Å². The number of ether oxygens (including phenoxy) is 1. The van der Waals surface area contributed by atoms with Crippen molar-refractivity contribution in [2.24, 2.45) is 0 Å². The summed E-state index contributed by atoms with van der Waals surface area (Å²) in [7, 11) is 0. The van der Waals surface area contributed by atoms with Gasteiger partial charge in [-0.25, -0.2) is 0 Å². The molecule has 36 heavy (non-hydrogen) atoms. The lowest BCUT2D eigenvalue weighted by Gasteiger charge is -2.28.